The molecular weight excluding hydrogens is 619 g/mol. The number of alkyl halides is 1. The van der Waals surface area contributed by atoms with E-state index in [2.05, 4.69) is 27.8 Å². The Morgan fingerprint density at radius 3 is 2.77 bits per heavy atom. The summed E-state index contributed by atoms with van der Waals surface area (Å²) in [5.74, 6) is 0.984. The molecule has 44 heavy (non-hydrogen) atoms. The summed E-state index contributed by atoms with van der Waals surface area (Å²) >= 11 is 12.5. The molecule has 1 spiro atoms. The molecule has 4 aliphatic rings. The van der Waals surface area contributed by atoms with Gasteiger partial charge in [0.2, 0.25) is 10.0 Å². The lowest BCUT2D eigenvalue weighted by molar-refractivity contribution is -0.00785. The van der Waals surface area contributed by atoms with Crippen molar-refractivity contribution in [2.45, 2.75) is 69.1 Å². The summed E-state index contributed by atoms with van der Waals surface area (Å²) in [7, 11) is -3.91. The average Bonchev–Trinajstić information content (AvgIpc) is 3.13. The fourth-order valence-electron chi connectivity index (χ4n) is 7.50. The molecule has 2 aliphatic carbocycles. The van der Waals surface area contributed by atoms with E-state index in [1.165, 1.54) is 11.1 Å². The Labute approximate surface area is 271 Å². The van der Waals surface area contributed by atoms with E-state index in [9.17, 15) is 13.2 Å². The number of nitrogens with one attached hydrogen (secondary N) is 1. The van der Waals surface area contributed by atoms with Crippen molar-refractivity contribution < 1.29 is 22.7 Å². The molecule has 6 atom stereocenters. The molecule has 1 saturated carbocycles. The minimum absolute atomic E-state index is 0.0974. The molecule has 2 aromatic carbocycles. The first kappa shape index (κ1) is 31.7. The van der Waals surface area contributed by atoms with Crippen LogP contribution >= 0.6 is 23.2 Å². The number of hydrogen-bond acceptors (Lipinski definition) is 6. The predicted octanol–water partition coefficient (Wildman–Crippen LogP) is 6.51. The highest BCUT2D eigenvalue weighted by Crippen LogP contribution is 2.47. The average molecular weight is 662 g/mol. The molecule has 7 nitrogen and oxygen atoms in total. The molecule has 2 bridgehead atoms. The standard InChI is InChI=1S/C34H42Cl2N2O5S/c1-22-5-3-7-31(42-16-15-35)28-11-8-26(28)19-38-20-34(14-4-6-24-17-27(36)10-12-29(24)34)21-43-32-13-9-25(18-30(32)38)33(39)37-44(40,41)23(22)2/h3,7,9-10,12-13,17-18,22-23,26,28,31H,4-6,8,11,14-16,19-21H2,1-2H3,(H,37,39)/b7-3+/t22-,23+,26-,28+,31-,34-/m0/s1. The van der Waals surface area contributed by atoms with Gasteiger partial charge in [0.15, 0.2) is 0 Å². The van der Waals surface area contributed by atoms with Gasteiger partial charge >= 0.3 is 0 Å². The topological polar surface area (TPSA) is 84.9 Å². The lowest BCUT2D eigenvalue weighted by atomic mass is 9.68. The van der Waals surface area contributed by atoms with Crippen LogP contribution in [0.2, 0.25) is 5.02 Å². The quantitative estimate of drug-likeness (QED) is 0.299. The Balaban J connectivity index is 1.42. The van der Waals surface area contributed by atoms with Crippen molar-refractivity contribution in [3.8, 4) is 5.75 Å². The maximum Gasteiger partial charge on any atom is 0.264 e. The van der Waals surface area contributed by atoms with Gasteiger partial charge in [0.1, 0.15) is 5.75 Å². The van der Waals surface area contributed by atoms with E-state index in [0.717, 1.165) is 55.9 Å². The number of nitrogens with zero attached hydrogens (tertiary/aromatic N) is 1. The summed E-state index contributed by atoms with van der Waals surface area (Å²) in [5.41, 5.74) is 3.41. The molecule has 10 heteroatoms. The fraction of sp³-hybridized carbons (Fsp3) is 0.559. The number of hydrogen-bond donors (Lipinski definition) is 1. The normalized spacial score (nSPS) is 32.3. The van der Waals surface area contributed by atoms with Gasteiger partial charge in [0, 0.05) is 35.0 Å². The van der Waals surface area contributed by atoms with E-state index in [-0.39, 0.29) is 17.4 Å². The van der Waals surface area contributed by atoms with Crippen LogP contribution in [-0.2, 0) is 26.6 Å². The van der Waals surface area contributed by atoms with Gasteiger partial charge in [-0.1, -0.05) is 36.7 Å². The second-order valence-corrected chi connectivity index (χ2v) is 16.0. The molecule has 2 aromatic rings. The number of amides is 1. The van der Waals surface area contributed by atoms with Crippen LogP contribution in [0.1, 0.15) is 67.4 Å². The molecule has 238 valence electrons. The molecule has 1 N–H and O–H groups in total. The van der Waals surface area contributed by atoms with Crippen molar-refractivity contribution in [2.75, 3.05) is 37.1 Å². The zero-order valence-corrected chi connectivity index (χ0v) is 27.8. The minimum atomic E-state index is -3.91. The number of anilines is 1. The number of aryl methyl sites for hydroxylation is 1. The molecule has 0 unspecified atom stereocenters. The second kappa shape index (κ2) is 12.9. The largest absolute Gasteiger partial charge is 0.490 e. The lowest BCUT2D eigenvalue weighted by Gasteiger charge is -2.46. The van der Waals surface area contributed by atoms with Crippen LogP contribution in [0.15, 0.2) is 48.6 Å². The molecule has 1 fully saturated rings. The summed E-state index contributed by atoms with van der Waals surface area (Å²) < 4.78 is 41.8. The first-order valence-corrected chi connectivity index (χ1v) is 18.3. The third kappa shape index (κ3) is 6.24. The van der Waals surface area contributed by atoms with Crippen LogP contribution < -0.4 is 14.4 Å². The number of benzene rings is 2. The van der Waals surface area contributed by atoms with Crippen molar-refractivity contribution in [3.05, 3.63) is 70.3 Å². The van der Waals surface area contributed by atoms with E-state index in [4.69, 9.17) is 32.7 Å². The Morgan fingerprint density at radius 1 is 1.16 bits per heavy atom. The summed E-state index contributed by atoms with van der Waals surface area (Å²) in [5, 5.41) is -0.0191. The number of sulfonamides is 1. The summed E-state index contributed by atoms with van der Waals surface area (Å²) in [6.07, 6.45) is 9.73. The third-order valence-electron chi connectivity index (χ3n) is 10.4. The van der Waals surface area contributed by atoms with Crippen LogP contribution in [0.5, 0.6) is 5.75 Å². The molecule has 0 radical (unpaired) electrons. The van der Waals surface area contributed by atoms with Crippen LogP contribution in [0.3, 0.4) is 0 Å². The van der Waals surface area contributed by atoms with Crippen LogP contribution in [0.25, 0.3) is 0 Å². The highest BCUT2D eigenvalue weighted by Gasteiger charge is 2.44. The zero-order valence-electron chi connectivity index (χ0n) is 25.4. The number of carbonyl (C=O) groups is 1. The number of allylic oxidation sites excluding steroid dienone is 1. The maximum absolute atomic E-state index is 13.4. The van der Waals surface area contributed by atoms with Crippen molar-refractivity contribution in [1.82, 2.24) is 4.72 Å². The third-order valence-corrected chi connectivity index (χ3v) is 12.7. The number of fused-ring (bicyclic) bond motifs is 4. The second-order valence-electron chi connectivity index (χ2n) is 13.1. The summed E-state index contributed by atoms with van der Waals surface area (Å²) in [6.45, 7) is 6.02. The smallest absolute Gasteiger partial charge is 0.264 e. The Hall–Kier alpha value is -2.26. The van der Waals surface area contributed by atoms with E-state index in [0.29, 0.717) is 48.7 Å². The minimum Gasteiger partial charge on any atom is -0.490 e. The van der Waals surface area contributed by atoms with Crippen molar-refractivity contribution in [1.29, 1.82) is 0 Å². The Bertz CT molecular complexity index is 1530. The van der Waals surface area contributed by atoms with Crippen LogP contribution in [0.4, 0.5) is 5.69 Å². The van der Waals surface area contributed by atoms with Crippen molar-refractivity contribution in [3.63, 3.8) is 0 Å². The highest BCUT2D eigenvalue weighted by atomic mass is 35.5. The van der Waals surface area contributed by atoms with E-state index < -0.39 is 21.2 Å². The van der Waals surface area contributed by atoms with Crippen LogP contribution in [-0.4, -0.2) is 57.9 Å². The maximum atomic E-state index is 13.4. The van der Waals surface area contributed by atoms with Gasteiger partial charge in [-0.25, -0.2) is 13.1 Å². The molecule has 0 aromatic heterocycles. The first-order valence-electron chi connectivity index (χ1n) is 15.8. The van der Waals surface area contributed by atoms with Crippen molar-refractivity contribution >= 4 is 44.8 Å². The molecule has 6 rings (SSSR count). The molecule has 0 saturated heterocycles. The van der Waals surface area contributed by atoms with Gasteiger partial charge in [-0.05, 0) is 105 Å². The van der Waals surface area contributed by atoms with Gasteiger partial charge in [0.25, 0.3) is 5.91 Å². The van der Waals surface area contributed by atoms with Gasteiger partial charge in [-0.2, -0.15) is 0 Å². The molecule has 2 heterocycles. The fourth-order valence-corrected chi connectivity index (χ4v) is 9.07. The lowest BCUT2D eigenvalue weighted by Crippen LogP contribution is -2.49. The van der Waals surface area contributed by atoms with Crippen LogP contribution in [0, 0.1) is 17.8 Å². The SMILES string of the molecule is C[C@@H]1[C@@H](C)C/C=C/[C@H](OCCCl)[C@@H]2CC[C@H]2CN2C[C@@]3(CCCc4cc(Cl)ccc43)COc3ccc(cc32)C(=O)NS1(=O)=O. The van der Waals surface area contributed by atoms with E-state index in [1.807, 2.05) is 25.1 Å². The Kier molecular flexibility index (Phi) is 9.27. The molecular formula is C34H42Cl2N2O5S. The summed E-state index contributed by atoms with van der Waals surface area (Å²) in [6, 6.07) is 11.5. The van der Waals surface area contributed by atoms with Gasteiger partial charge < -0.3 is 14.4 Å². The van der Waals surface area contributed by atoms with Gasteiger partial charge in [0.05, 0.1) is 30.3 Å². The zero-order chi connectivity index (χ0) is 31.1. The predicted molar refractivity (Wildman–Crippen MR) is 176 cm³/mol. The summed E-state index contributed by atoms with van der Waals surface area (Å²) in [4.78, 5) is 15.8. The molecule has 2 aliphatic heterocycles. The number of ether oxygens (including phenoxy) is 2. The van der Waals surface area contributed by atoms with E-state index >= 15 is 0 Å². The highest BCUT2D eigenvalue weighted by molar-refractivity contribution is 7.90. The Morgan fingerprint density at radius 2 is 2.00 bits per heavy atom. The first-order chi connectivity index (χ1) is 21.1. The number of carbonyl (C=O) groups excluding carboxylic acids is 1. The van der Waals surface area contributed by atoms with Crippen molar-refractivity contribution in [2.24, 2.45) is 17.8 Å². The molecule has 1 amide bonds. The van der Waals surface area contributed by atoms with Gasteiger partial charge in [-0.3, -0.25) is 4.79 Å². The number of rotatable bonds is 3. The van der Waals surface area contributed by atoms with Gasteiger partial charge in [-0.15, -0.1) is 11.6 Å². The number of halogens is 2. The monoisotopic (exact) mass is 660 g/mol. The van der Waals surface area contributed by atoms with E-state index in [1.54, 1.807) is 19.1 Å².